The van der Waals surface area contributed by atoms with Gasteiger partial charge >= 0.3 is 0 Å². The second-order valence-corrected chi connectivity index (χ2v) is 24.9. The monoisotopic (exact) mass is 1130 g/mol. The molecule has 6 aromatic rings. The van der Waals surface area contributed by atoms with Gasteiger partial charge in [0.1, 0.15) is 0 Å². The highest BCUT2D eigenvalue weighted by Gasteiger charge is 2.44. The van der Waals surface area contributed by atoms with Crippen LogP contribution in [0.25, 0.3) is 0 Å². The normalized spacial score (nSPS) is 31.6. The van der Waals surface area contributed by atoms with Crippen LogP contribution in [0.2, 0.25) is 15.1 Å². The molecular weight excluding hydrogens is 1020 g/mol. The quantitative estimate of drug-likeness (QED) is 0.164. The third-order valence-electron chi connectivity index (χ3n) is 16.7. The number of rotatable bonds is 6. The Balaban J connectivity index is 0.000000173. The fourth-order valence-corrected chi connectivity index (χ4v) is 13.2. The van der Waals surface area contributed by atoms with Crippen LogP contribution in [0.3, 0.4) is 0 Å². The molecule has 0 radical (unpaired) electrons. The minimum Gasteiger partial charge on any atom is -0.299 e. The van der Waals surface area contributed by atoms with E-state index in [2.05, 4.69) is 28.0 Å². The number of fused-ring (bicyclic) bond motifs is 3. The van der Waals surface area contributed by atoms with E-state index in [0.29, 0.717) is 82.9 Å². The molecule has 6 nitrogen and oxygen atoms in total. The molecule has 6 atom stereocenters. The first-order valence-corrected chi connectivity index (χ1v) is 27.9. The van der Waals surface area contributed by atoms with Gasteiger partial charge in [0.2, 0.25) is 0 Å². The fraction of sp³-hybridized carbons (Fsp3) is 0.478. The van der Waals surface area contributed by atoms with Gasteiger partial charge in [-0.3, -0.25) is 29.4 Å². The molecule has 0 saturated carbocycles. The average Bonchev–Trinajstić information content (AvgIpc) is 1.70. The molecule has 6 aromatic carbocycles. The van der Waals surface area contributed by atoms with Crippen molar-refractivity contribution in [2.75, 3.05) is 79.7 Å². The van der Waals surface area contributed by atoms with Crippen LogP contribution in [-0.4, -0.2) is 126 Å². The van der Waals surface area contributed by atoms with Gasteiger partial charge in [-0.15, -0.1) is 0 Å². The fourth-order valence-electron chi connectivity index (χ4n) is 12.6. The zero-order chi connectivity index (χ0) is 72.6. The van der Waals surface area contributed by atoms with E-state index >= 15 is 0 Å². The summed E-state index contributed by atoms with van der Waals surface area (Å²) >= 11 is 19.1. The van der Waals surface area contributed by atoms with Gasteiger partial charge in [-0.05, 0) is 182 Å². The van der Waals surface area contributed by atoms with Gasteiger partial charge in [0.05, 0.1) is 11.0 Å². The molecule has 9 heteroatoms. The number of benzene rings is 6. The molecule has 3 heterocycles. The molecule has 3 aliphatic carbocycles. The molecule has 3 aliphatic heterocycles. The smallest absolute Gasteiger partial charge is 0.0629 e. The first kappa shape index (κ1) is 37.1. The molecule has 78 heavy (non-hydrogen) atoms. The minimum absolute atomic E-state index is 0. The first-order chi connectivity index (χ1) is 45.1. The number of halogens is 3. The summed E-state index contributed by atoms with van der Waals surface area (Å²) in [5, 5.41) is 1.78. The molecule has 0 N–H and O–H groups in total. The van der Waals surface area contributed by atoms with E-state index in [9.17, 15) is 0 Å². The minimum atomic E-state index is -2.60. The van der Waals surface area contributed by atoms with E-state index in [1.54, 1.807) is 38.7 Å². The zero-order valence-electron chi connectivity index (χ0n) is 66.4. The average molecular weight is 1130 g/mol. The van der Waals surface area contributed by atoms with E-state index in [4.69, 9.17) is 63.6 Å². The van der Waals surface area contributed by atoms with Crippen LogP contribution in [0.1, 0.15) is 194 Å². The van der Waals surface area contributed by atoms with Crippen LogP contribution in [0, 0.1) is 13.8 Å². The topological polar surface area (TPSA) is 19.4 Å². The second-order valence-electron chi connectivity index (χ2n) is 23.6. The van der Waals surface area contributed by atoms with Gasteiger partial charge < -0.3 is 0 Å². The van der Waals surface area contributed by atoms with Gasteiger partial charge in [-0.25, -0.2) is 0 Å². The highest BCUT2D eigenvalue weighted by atomic mass is 35.5. The second kappa shape index (κ2) is 23.8. The van der Waals surface area contributed by atoms with Crippen molar-refractivity contribution in [3.63, 3.8) is 0 Å². The molecule has 0 bridgehead atoms. The summed E-state index contributed by atoms with van der Waals surface area (Å²) in [6, 6.07) is 26.5. The number of hydrogen-bond donors (Lipinski definition) is 0. The largest absolute Gasteiger partial charge is 0.299 e. The number of hydrogen-bond acceptors (Lipinski definition) is 6. The van der Waals surface area contributed by atoms with Crippen molar-refractivity contribution in [2.45, 2.75) is 135 Å². The molecule has 416 valence electrons. The van der Waals surface area contributed by atoms with Crippen LogP contribution >= 0.6 is 34.8 Å². The maximum Gasteiger partial charge on any atom is 0.0629 e. The lowest BCUT2D eigenvalue weighted by Crippen LogP contribution is -2.58. The highest BCUT2D eigenvalue weighted by Crippen LogP contribution is 2.51. The Morgan fingerprint density at radius 3 is 1.21 bits per heavy atom. The van der Waals surface area contributed by atoms with Gasteiger partial charge in [0.25, 0.3) is 0 Å². The third kappa shape index (κ3) is 12.4. The summed E-state index contributed by atoms with van der Waals surface area (Å²) in [5.74, 6) is -0.446. The van der Waals surface area contributed by atoms with Crippen molar-refractivity contribution in [3.8, 4) is 0 Å². The number of piperazine rings is 3. The van der Waals surface area contributed by atoms with Crippen LogP contribution in [0.15, 0.2) is 133 Å². The SMILES string of the molecule is C.[2H]C([2H])([2H])N1C([2H])([2H])CN([C@@H]2C[C@@H](c3ccccc3)c3ccc(Cl)cc32)CC1(C)C.[2H]c1c([2H])c(C)c([2H])c([C@@H]2C[C@@H](N3CC([2H])([2H])N(C([2H])([2H])[2H])C(C)(C)C3)c3cc(Cl)ccc32)c1[2H].[2H]c1c([2H])c(C)c([2H])c([C@@H]2C[C@@H](N3CCN(C([2H])([2H])[2H])C(C)(C)C3)c3cc(Cl)ccc32)c1[2H]. The maximum atomic E-state index is 8.66. The molecule has 3 saturated heterocycles. The third-order valence-corrected chi connectivity index (χ3v) is 17.4. The number of nitrogens with zero attached hydrogens (tertiary/aromatic N) is 6. The predicted molar refractivity (Wildman–Crippen MR) is 332 cm³/mol. The molecular formula is C69H89Cl3N6. The molecule has 3 fully saturated rings. The summed E-state index contributed by atoms with van der Waals surface area (Å²) in [4.78, 5) is 9.96. The van der Waals surface area contributed by atoms with E-state index in [1.807, 2.05) is 93.3 Å². The van der Waals surface area contributed by atoms with Crippen molar-refractivity contribution in [3.05, 3.63) is 210 Å². The Morgan fingerprint density at radius 2 is 0.833 bits per heavy atom. The van der Waals surface area contributed by atoms with Gasteiger partial charge in [-0.2, -0.15) is 0 Å². The lowest BCUT2D eigenvalue weighted by atomic mass is 9.92. The Morgan fingerprint density at radius 1 is 0.462 bits per heavy atom. The van der Waals surface area contributed by atoms with Gasteiger partial charge in [0.15, 0.2) is 0 Å². The summed E-state index contributed by atoms with van der Waals surface area (Å²) in [7, 11) is 0. The van der Waals surface area contributed by atoms with Crippen molar-refractivity contribution in [1.29, 1.82) is 0 Å². The van der Waals surface area contributed by atoms with Crippen molar-refractivity contribution >= 4 is 34.8 Å². The molecule has 6 aliphatic rings. The van der Waals surface area contributed by atoms with E-state index < -0.39 is 56.5 Å². The van der Waals surface area contributed by atoms with Crippen molar-refractivity contribution in [1.82, 2.24) is 29.4 Å². The molecule has 0 unspecified atom stereocenters. The van der Waals surface area contributed by atoms with Crippen molar-refractivity contribution < 1.29 is 28.8 Å². The standard InChI is InChI=1S/2C23H29ClN2.C22H27ClN2.CH4/c2*1-16-6-5-7-17(12-16)20-14-22(21-13-18(24)8-9-19(20)21)26-11-10-25(4)23(2,3)15-26;1-22(2)15-25(12-11-24(22)3)21-14-19(16-7-5-4-6-8-16)18-10-9-17(23)13-20(18)21;/h2*5-9,12-13,20,22H,10-11,14-15H2,1-4H3;4-10,13,19,21H,11-12,14-15H2,1-3H3;1H4/t2*20-,22+;19-,21+;/m000./s1/i4D3,5D,6D,7D,10D2,12D;4D3,5D,6D,7D,12D;3D3,11D2;. The predicted octanol–water partition coefficient (Wildman–Crippen LogP) is 16.1. The Kier molecular flexibility index (Phi) is 11.3. The number of likely N-dealkylation sites (N-methyl/N-ethyl adjacent to an activating group) is 3. The zero-order valence-corrected chi connectivity index (χ0v) is 47.7. The van der Waals surface area contributed by atoms with Crippen LogP contribution in [0.5, 0.6) is 0 Å². The van der Waals surface area contributed by atoms with Gasteiger partial charge in [-0.1, -0.05) is 150 Å². The molecule has 0 amide bonds. The first-order valence-electron chi connectivity index (χ1n) is 37.3. The lowest BCUT2D eigenvalue weighted by molar-refractivity contribution is 0.0158. The highest BCUT2D eigenvalue weighted by molar-refractivity contribution is 6.31. The summed E-state index contributed by atoms with van der Waals surface area (Å²) in [6.07, 6.45) is 1.87. The van der Waals surface area contributed by atoms with Crippen LogP contribution in [0.4, 0.5) is 0 Å². The van der Waals surface area contributed by atoms with E-state index in [1.165, 1.54) is 11.1 Å². The Labute approximate surface area is 515 Å². The summed E-state index contributed by atoms with van der Waals surface area (Å²) in [5.41, 5.74) is 6.52. The van der Waals surface area contributed by atoms with Crippen LogP contribution in [-0.2, 0) is 0 Å². The molecule has 12 rings (SSSR count). The Hall–Kier alpha value is -4.05. The van der Waals surface area contributed by atoms with Crippen LogP contribution < -0.4 is 0 Å². The summed E-state index contributed by atoms with van der Waals surface area (Å²) in [6.45, 7) is 5.11. The van der Waals surface area contributed by atoms with E-state index in [0.717, 1.165) is 44.0 Å². The molecule has 0 spiro atoms. The van der Waals surface area contributed by atoms with E-state index in [-0.39, 0.29) is 98.8 Å². The molecule has 0 aromatic heterocycles. The lowest BCUT2D eigenvalue weighted by Gasteiger charge is -2.47. The van der Waals surface area contributed by atoms with Gasteiger partial charge in [0, 0.05) is 144 Å². The Bertz CT molecular complexity index is 3920. The van der Waals surface area contributed by atoms with Crippen molar-refractivity contribution in [2.24, 2.45) is 0 Å². The maximum absolute atomic E-state index is 8.66. The summed E-state index contributed by atoms with van der Waals surface area (Å²) < 4.78 is 173.